The van der Waals surface area contributed by atoms with E-state index in [-0.39, 0.29) is 5.91 Å². The Hall–Kier alpha value is -0.750. The molecular weight excluding hydrogens is 278 g/mol. The van der Waals surface area contributed by atoms with Crippen molar-refractivity contribution in [2.45, 2.75) is 44.1 Å². The second-order valence-electron chi connectivity index (χ2n) is 5.69. The van der Waals surface area contributed by atoms with Gasteiger partial charge in [0.15, 0.2) is 0 Å². The van der Waals surface area contributed by atoms with Crippen molar-refractivity contribution in [2.75, 3.05) is 24.7 Å². The molecule has 0 aromatic heterocycles. The van der Waals surface area contributed by atoms with Crippen LogP contribution in [0.4, 0.5) is 0 Å². The number of hydrogen-bond acceptors (Lipinski definition) is 4. The first-order valence-electron chi connectivity index (χ1n) is 7.32. The Kier molecular flexibility index (Phi) is 5.72. The number of ether oxygens (including phenoxy) is 1. The van der Waals surface area contributed by atoms with Crippen molar-refractivity contribution >= 4 is 23.6 Å². The summed E-state index contributed by atoms with van der Waals surface area (Å²) in [7, 11) is 0. The zero-order valence-corrected chi connectivity index (χ0v) is 12.5. The van der Waals surface area contributed by atoms with Crippen LogP contribution in [0.3, 0.4) is 0 Å². The zero-order valence-electron chi connectivity index (χ0n) is 11.7. The van der Waals surface area contributed by atoms with Crippen LogP contribution in [0.25, 0.3) is 0 Å². The second kappa shape index (κ2) is 7.31. The first-order valence-corrected chi connectivity index (χ1v) is 8.48. The Balaban J connectivity index is 1.70. The largest absolute Gasteiger partial charge is 0.479 e. The van der Waals surface area contributed by atoms with Gasteiger partial charge in [0.2, 0.25) is 5.91 Å². The number of carboxylic acids is 1. The molecule has 0 aliphatic carbocycles. The van der Waals surface area contributed by atoms with Crippen molar-refractivity contribution in [1.29, 1.82) is 0 Å². The molecule has 0 saturated carbocycles. The van der Waals surface area contributed by atoms with Crippen molar-refractivity contribution in [3.05, 3.63) is 0 Å². The van der Waals surface area contributed by atoms with E-state index in [1.54, 1.807) is 11.8 Å². The van der Waals surface area contributed by atoms with Gasteiger partial charge >= 0.3 is 5.97 Å². The van der Waals surface area contributed by atoms with Crippen LogP contribution in [0.2, 0.25) is 0 Å². The van der Waals surface area contributed by atoms with Crippen LogP contribution in [-0.4, -0.2) is 47.2 Å². The van der Waals surface area contributed by atoms with E-state index in [9.17, 15) is 14.7 Å². The van der Waals surface area contributed by atoms with Gasteiger partial charge in [-0.15, -0.1) is 0 Å². The van der Waals surface area contributed by atoms with E-state index in [4.69, 9.17) is 4.74 Å². The number of rotatable bonds is 6. The van der Waals surface area contributed by atoms with Crippen LogP contribution >= 0.6 is 11.8 Å². The highest BCUT2D eigenvalue weighted by Gasteiger charge is 2.43. The van der Waals surface area contributed by atoms with Gasteiger partial charge in [-0.25, -0.2) is 4.79 Å². The predicted octanol–water partition coefficient (Wildman–Crippen LogP) is 1.66. The molecule has 2 rings (SSSR count). The van der Waals surface area contributed by atoms with Gasteiger partial charge < -0.3 is 15.2 Å². The van der Waals surface area contributed by atoms with Crippen LogP contribution in [0.5, 0.6) is 0 Å². The lowest BCUT2D eigenvalue weighted by molar-refractivity contribution is -0.146. The predicted molar refractivity (Wildman–Crippen MR) is 77.8 cm³/mol. The average molecular weight is 301 g/mol. The molecule has 1 unspecified atom stereocenters. The van der Waals surface area contributed by atoms with Crippen LogP contribution < -0.4 is 5.32 Å². The molecular formula is C14H23NO4S. The van der Waals surface area contributed by atoms with E-state index in [0.717, 1.165) is 44.6 Å². The molecule has 2 heterocycles. The van der Waals surface area contributed by atoms with Crippen LogP contribution in [0, 0.1) is 5.92 Å². The fraction of sp³-hybridized carbons (Fsp3) is 0.857. The number of amides is 1. The number of carbonyl (C=O) groups is 2. The quantitative estimate of drug-likeness (QED) is 0.780. The fourth-order valence-electron chi connectivity index (χ4n) is 2.80. The smallest absolute Gasteiger partial charge is 0.330 e. The molecule has 2 N–H and O–H groups in total. The lowest BCUT2D eigenvalue weighted by atomic mass is 9.93. The molecule has 5 nitrogen and oxygen atoms in total. The molecule has 114 valence electrons. The molecule has 6 heteroatoms. The van der Waals surface area contributed by atoms with Gasteiger partial charge in [0.1, 0.15) is 5.54 Å². The van der Waals surface area contributed by atoms with Crippen molar-refractivity contribution in [1.82, 2.24) is 5.32 Å². The minimum atomic E-state index is -1.03. The number of thioether (sulfide) groups is 1. The molecule has 2 fully saturated rings. The molecule has 1 amide bonds. The van der Waals surface area contributed by atoms with Gasteiger partial charge in [-0.3, -0.25) is 4.79 Å². The SMILES string of the molecule is O=C(CCCC1CCOCC1)NC1(C(=O)O)CCSC1. The van der Waals surface area contributed by atoms with E-state index in [2.05, 4.69) is 5.32 Å². The van der Waals surface area contributed by atoms with Crippen LogP contribution in [0.15, 0.2) is 0 Å². The van der Waals surface area contributed by atoms with E-state index in [1.807, 2.05) is 0 Å². The third kappa shape index (κ3) is 4.12. The molecule has 20 heavy (non-hydrogen) atoms. The van der Waals surface area contributed by atoms with Crippen molar-refractivity contribution in [3.63, 3.8) is 0 Å². The number of aliphatic carboxylic acids is 1. The molecule has 0 radical (unpaired) electrons. The summed E-state index contributed by atoms with van der Waals surface area (Å²) in [5, 5.41) is 12.0. The normalized spacial score (nSPS) is 27.4. The minimum Gasteiger partial charge on any atom is -0.479 e. The highest BCUT2D eigenvalue weighted by molar-refractivity contribution is 7.99. The zero-order chi connectivity index (χ0) is 14.4. The third-order valence-electron chi connectivity index (χ3n) is 4.17. The maximum absolute atomic E-state index is 11.9. The minimum absolute atomic E-state index is 0.123. The molecule has 1 atom stereocenters. The van der Waals surface area contributed by atoms with Crippen molar-refractivity contribution < 1.29 is 19.4 Å². The standard InChI is InChI=1S/C14H23NO4S/c16-12(3-1-2-11-4-7-19-8-5-11)15-14(13(17)18)6-9-20-10-14/h11H,1-10H2,(H,15,16)(H,17,18). The summed E-state index contributed by atoms with van der Waals surface area (Å²) in [6.07, 6.45) is 4.98. The van der Waals surface area contributed by atoms with Gasteiger partial charge in [0, 0.05) is 25.4 Å². The maximum atomic E-state index is 11.9. The summed E-state index contributed by atoms with van der Waals surface area (Å²) in [6, 6.07) is 0. The van der Waals surface area contributed by atoms with E-state index in [1.165, 1.54) is 0 Å². The summed E-state index contributed by atoms with van der Waals surface area (Å²) in [5.41, 5.74) is -1.03. The summed E-state index contributed by atoms with van der Waals surface area (Å²) < 4.78 is 5.31. The van der Waals surface area contributed by atoms with E-state index >= 15 is 0 Å². The summed E-state index contributed by atoms with van der Waals surface area (Å²) in [6.45, 7) is 1.66. The summed E-state index contributed by atoms with van der Waals surface area (Å²) >= 11 is 1.59. The van der Waals surface area contributed by atoms with Gasteiger partial charge in [-0.1, -0.05) is 0 Å². The molecule has 2 aliphatic heterocycles. The highest BCUT2D eigenvalue weighted by Crippen LogP contribution is 2.28. The number of carboxylic acid groups (broad SMARTS) is 1. The van der Waals surface area contributed by atoms with Crippen molar-refractivity contribution in [3.8, 4) is 0 Å². The molecule has 0 bridgehead atoms. The Morgan fingerprint density at radius 2 is 2.10 bits per heavy atom. The number of hydrogen-bond donors (Lipinski definition) is 2. The number of carbonyl (C=O) groups excluding carboxylic acids is 1. The van der Waals surface area contributed by atoms with E-state index < -0.39 is 11.5 Å². The average Bonchev–Trinajstić information content (AvgIpc) is 2.90. The molecule has 2 aliphatic rings. The van der Waals surface area contributed by atoms with Gasteiger partial charge in [0.25, 0.3) is 0 Å². The topological polar surface area (TPSA) is 75.6 Å². The molecule has 0 aromatic carbocycles. The Morgan fingerprint density at radius 3 is 2.70 bits per heavy atom. The van der Waals surface area contributed by atoms with Crippen LogP contribution in [-0.2, 0) is 14.3 Å². The Bertz CT molecular complexity index is 349. The Morgan fingerprint density at radius 1 is 1.35 bits per heavy atom. The molecule has 2 saturated heterocycles. The van der Waals surface area contributed by atoms with Crippen molar-refractivity contribution in [2.24, 2.45) is 5.92 Å². The van der Waals surface area contributed by atoms with E-state index in [0.29, 0.717) is 24.5 Å². The molecule has 0 spiro atoms. The first kappa shape index (κ1) is 15.6. The van der Waals surface area contributed by atoms with Gasteiger partial charge in [-0.2, -0.15) is 11.8 Å². The lowest BCUT2D eigenvalue weighted by Crippen LogP contribution is -2.54. The van der Waals surface area contributed by atoms with Crippen LogP contribution in [0.1, 0.15) is 38.5 Å². The summed E-state index contributed by atoms with van der Waals surface area (Å²) in [4.78, 5) is 23.3. The van der Waals surface area contributed by atoms with Gasteiger partial charge in [-0.05, 0) is 43.8 Å². The monoisotopic (exact) mass is 301 g/mol. The fourth-order valence-corrected chi connectivity index (χ4v) is 4.13. The molecule has 0 aromatic rings. The van der Waals surface area contributed by atoms with Gasteiger partial charge in [0.05, 0.1) is 0 Å². The maximum Gasteiger partial charge on any atom is 0.330 e. The Labute approximate surface area is 123 Å². The second-order valence-corrected chi connectivity index (χ2v) is 6.79. The summed E-state index contributed by atoms with van der Waals surface area (Å²) in [5.74, 6) is 0.914. The third-order valence-corrected chi connectivity index (χ3v) is 5.36. The number of nitrogens with one attached hydrogen (secondary N) is 1. The highest BCUT2D eigenvalue weighted by atomic mass is 32.2. The lowest BCUT2D eigenvalue weighted by Gasteiger charge is -2.25. The first-order chi connectivity index (χ1) is 9.62.